The van der Waals surface area contributed by atoms with Crippen LogP contribution in [-0.2, 0) is 6.54 Å². The predicted molar refractivity (Wildman–Crippen MR) is 57.5 cm³/mol. The Morgan fingerprint density at radius 3 is 2.69 bits per heavy atom. The summed E-state index contributed by atoms with van der Waals surface area (Å²) in [6, 6.07) is 5.65. The third-order valence-corrected chi connectivity index (χ3v) is 2.57. The van der Waals surface area contributed by atoms with Crippen molar-refractivity contribution in [3.05, 3.63) is 35.4 Å². The van der Waals surface area contributed by atoms with Gasteiger partial charge in [-0.15, -0.1) is 0 Å². The Morgan fingerprint density at radius 1 is 1.44 bits per heavy atom. The van der Waals surface area contributed by atoms with Crippen LogP contribution in [-0.4, -0.2) is 18.0 Å². The number of benzene rings is 1. The predicted octanol–water partition coefficient (Wildman–Crippen LogP) is 2.70. The second kappa shape index (κ2) is 5.57. The second-order valence-electron chi connectivity index (χ2n) is 3.86. The highest BCUT2D eigenvalue weighted by Gasteiger charge is 2.11. The molecule has 0 bridgehead atoms. The highest BCUT2D eigenvalue weighted by molar-refractivity contribution is 5.18. The minimum Gasteiger partial charge on any atom is -0.298 e. The van der Waals surface area contributed by atoms with Crippen LogP contribution in [0.3, 0.4) is 0 Å². The van der Waals surface area contributed by atoms with E-state index in [1.165, 1.54) is 12.1 Å². The summed E-state index contributed by atoms with van der Waals surface area (Å²) in [5.41, 5.74) is 0.439. The van der Waals surface area contributed by atoms with Crippen molar-refractivity contribution in [2.24, 2.45) is 0 Å². The van der Waals surface area contributed by atoms with Crippen molar-refractivity contribution in [2.75, 3.05) is 7.05 Å². The maximum atomic E-state index is 13.3. The first-order valence-electron chi connectivity index (χ1n) is 5.05. The van der Waals surface area contributed by atoms with Gasteiger partial charge >= 0.3 is 0 Å². The lowest BCUT2D eigenvalue weighted by atomic mass is 10.1. The number of hydrogen-bond donors (Lipinski definition) is 0. The second-order valence-corrected chi connectivity index (χ2v) is 3.86. The summed E-state index contributed by atoms with van der Waals surface area (Å²) in [7, 11) is 1.81. The highest BCUT2D eigenvalue weighted by atomic mass is 19.1. The standard InChI is InChI=1S/C12H14F2N2/c1-9(5-6-15)16(2)8-10-3-4-11(13)7-12(10)14/h3-4,7,9H,5,8H2,1-2H3/t9-/m0/s1. The van der Waals surface area contributed by atoms with Crippen molar-refractivity contribution in [3.8, 4) is 6.07 Å². The summed E-state index contributed by atoms with van der Waals surface area (Å²) in [6.45, 7) is 2.26. The number of nitrogens with zero attached hydrogens (tertiary/aromatic N) is 2. The quantitative estimate of drug-likeness (QED) is 0.786. The van der Waals surface area contributed by atoms with E-state index in [2.05, 4.69) is 6.07 Å². The largest absolute Gasteiger partial charge is 0.298 e. The number of rotatable bonds is 4. The molecule has 0 aliphatic carbocycles. The molecular weight excluding hydrogens is 210 g/mol. The summed E-state index contributed by atoms with van der Waals surface area (Å²) in [5, 5.41) is 8.54. The van der Waals surface area contributed by atoms with E-state index in [0.717, 1.165) is 6.07 Å². The summed E-state index contributed by atoms with van der Waals surface area (Å²) in [6.07, 6.45) is 0.388. The van der Waals surface area contributed by atoms with E-state index >= 15 is 0 Å². The Labute approximate surface area is 94.1 Å². The minimum absolute atomic E-state index is 0.0504. The van der Waals surface area contributed by atoms with Crippen LogP contribution < -0.4 is 0 Å². The van der Waals surface area contributed by atoms with Gasteiger partial charge in [0.25, 0.3) is 0 Å². The van der Waals surface area contributed by atoms with E-state index in [1.54, 1.807) is 0 Å². The lowest BCUT2D eigenvalue weighted by molar-refractivity contribution is 0.249. The van der Waals surface area contributed by atoms with Gasteiger partial charge in [0, 0.05) is 24.2 Å². The molecule has 0 aliphatic heterocycles. The third-order valence-electron chi connectivity index (χ3n) is 2.57. The van der Waals surface area contributed by atoms with Gasteiger partial charge in [0.15, 0.2) is 0 Å². The topological polar surface area (TPSA) is 27.0 Å². The van der Waals surface area contributed by atoms with Crippen LogP contribution in [0.5, 0.6) is 0 Å². The zero-order chi connectivity index (χ0) is 12.1. The van der Waals surface area contributed by atoms with E-state index in [-0.39, 0.29) is 6.04 Å². The van der Waals surface area contributed by atoms with Crippen LogP contribution >= 0.6 is 0 Å². The van der Waals surface area contributed by atoms with Gasteiger partial charge in [-0.25, -0.2) is 8.78 Å². The smallest absolute Gasteiger partial charge is 0.130 e. The molecule has 0 unspecified atom stereocenters. The van der Waals surface area contributed by atoms with Crippen LogP contribution in [0.15, 0.2) is 18.2 Å². The van der Waals surface area contributed by atoms with Crippen LogP contribution in [0.2, 0.25) is 0 Å². The van der Waals surface area contributed by atoms with Gasteiger partial charge in [0.1, 0.15) is 11.6 Å². The van der Waals surface area contributed by atoms with Gasteiger partial charge < -0.3 is 0 Å². The molecule has 1 aromatic carbocycles. The molecule has 0 N–H and O–H groups in total. The fraction of sp³-hybridized carbons (Fsp3) is 0.417. The Kier molecular flexibility index (Phi) is 4.39. The zero-order valence-electron chi connectivity index (χ0n) is 9.37. The molecule has 4 heteroatoms. The zero-order valence-corrected chi connectivity index (χ0v) is 9.37. The molecule has 0 saturated carbocycles. The van der Waals surface area contributed by atoms with Crippen molar-refractivity contribution < 1.29 is 8.78 Å². The lowest BCUT2D eigenvalue weighted by Gasteiger charge is -2.22. The average molecular weight is 224 g/mol. The molecule has 0 aromatic heterocycles. The SMILES string of the molecule is C[C@@H](CC#N)N(C)Cc1ccc(F)cc1F. The van der Waals surface area contributed by atoms with Gasteiger partial charge in [-0.3, -0.25) is 4.90 Å². The molecule has 1 aromatic rings. The van der Waals surface area contributed by atoms with Gasteiger partial charge in [-0.1, -0.05) is 6.07 Å². The van der Waals surface area contributed by atoms with E-state index in [4.69, 9.17) is 5.26 Å². The first-order chi connectivity index (χ1) is 7.54. The Hall–Kier alpha value is -1.47. The molecule has 1 atom stereocenters. The molecule has 86 valence electrons. The van der Waals surface area contributed by atoms with E-state index in [1.807, 2.05) is 18.9 Å². The van der Waals surface area contributed by atoms with Crippen molar-refractivity contribution in [1.82, 2.24) is 4.90 Å². The Bertz CT molecular complexity index is 398. The van der Waals surface area contributed by atoms with E-state index in [9.17, 15) is 8.78 Å². The van der Waals surface area contributed by atoms with Crippen molar-refractivity contribution >= 4 is 0 Å². The van der Waals surface area contributed by atoms with Gasteiger partial charge in [0.05, 0.1) is 12.5 Å². The van der Waals surface area contributed by atoms with E-state index < -0.39 is 11.6 Å². The summed E-state index contributed by atoms with van der Waals surface area (Å²) >= 11 is 0. The number of hydrogen-bond acceptors (Lipinski definition) is 2. The third kappa shape index (κ3) is 3.28. The average Bonchev–Trinajstić information content (AvgIpc) is 2.22. The molecule has 0 fully saturated rings. The van der Waals surface area contributed by atoms with Crippen molar-refractivity contribution in [3.63, 3.8) is 0 Å². The van der Waals surface area contributed by atoms with Crippen LogP contribution in [0.4, 0.5) is 8.78 Å². The highest BCUT2D eigenvalue weighted by Crippen LogP contribution is 2.13. The molecule has 0 amide bonds. The minimum atomic E-state index is -0.575. The first-order valence-corrected chi connectivity index (χ1v) is 5.05. The maximum absolute atomic E-state index is 13.3. The fourth-order valence-corrected chi connectivity index (χ4v) is 1.36. The Balaban J connectivity index is 2.70. The maximum Gasteiger partial charge on any atom is 0.130 e. The molecular formula is C12H14F2N2. The summed E-state index contributed by atoms with van der Waals surface area (Å²) in [4.78, 5) is 1.86. The normalized spacial score (nSPS) is 12.5. The van der Waals surface area contributed by atoms with Gasteiger partial charge in [0.2, 0.25) is 0 Å². The summed E-state index contributed by atoms with van der Waals surface area (Å²) in [5.74, 6) is -1.12. The van der Waals surface area contributed by atoms with Crippen LogP contribution in [0.25, 0.3) is 0 Å². The van der Waals surface area contributed by atoms with Crippen LogP contribution in [0, 0.1) is 23.0 Å². The van der Waals surface area contributed by atoms with Crippen molar-refractivity contribution in [2.45, 2.75) is 25.9 Å². The molecule has 0 saturated heterocycles. The fourth-order valence-electron chi connectivity index (χ4n) is 1.36. The Morgan fingerprint density at radius 2 is 2.12 bits per heavy atom. The first kappa shape index (κ1) is 12.6. The molecule has 0 radical (unpaired) electrons. The van der Waals surface area contributed by atoms with E-state index in [0.29, 0.717) is 18.5 Å². The molecule has 16 heavy (non-hydrogen) atoms. The molecule has 2 nitrogen and oxygen atoms in total. The molecule has 1 rings (SSSR count). The lowest BCUT2D eigenvalue weighted by Crippen LogP contribution is -2.28. The molecule has 0 aliphatic rings. The molecule has 0 spiro atoms. The summed E-state index contributed by atoms with van der Waals surface area (Å²) < 4.78 is 26.0. The number of halogens is 2. The molecule has 0 heterocycles. The van der Waals surface area contributed by atoms with Crippen molar-refractivity contribution in [1.29, 1.82) is 5.26 Å². The van der Waals surface area contributed by atoms with Crippen LogP contribution in [0.1, 0.15) is 18.9 Å². The monoisotopic (exact) mass is 224 g/mol. The van der Waals surface area contributed by atoms with Gasteiger partial charge in [-0.05, 0) is 20.0 Å². The van der Waals surface area contributed by atoms with Gasteiger partial charge in [-0.2, -0.15) is 5.26 Å². The number of nitriles is 1.